The summed E-state index contributed by atoms with van der Waals surface area (Å²) in [7, 11) is 0. The zero-order valence-corrected chi connectivity index (χ0v) is 15.0. The fourth-order valence-electron chi connectivity index (χ4n) is 3.87. The van der Waals surface area contributed by atoms with Gasteiger partial charge in [0.25, 0.3) is 0 Å². The molecule has 1 unspecified atom stereocenters. The smallest absolute Gasteiger partial charge is 0.166 e. The van der Waals surface area contributed by atoms with E-state index >= 15 is 0 Å². The number of Topliss-reactive ketones (excluding diaryl/α,β-unsaturated/α-hetero) is 2. The van der Waals surface area contributed by atoms with Gasteiger partial charge in [-0.05, 0) is 24.3 Å². The third-order valence-corrected chi connectivity index (χ3v) is 5.20. The molecule has 0 spiro atoms. The van der Waals surface area contributed by atoms with E-state index in [0.29, 0.717) is 12.1 Å². The molecule has 1 N–H and O–H groups in total. The van der Waals surface area contributed by atoms with Crippen molar-refractivity contribution in [3.05, 3.63) is 66.2 Å². The van der Waals surface area contributed by atoms with Crippen molar-refractivity contribution >= 4 is 22.9 Å². The van der Waals surface area contributed by atoms with Crippen LogP contribution in [0.5, 0.6) is 5.75 Å². The van der Waals surface area contributed by atoms with Crippen LogP contribution in [0.2, 0.25) is 0 Å². The molecule has 1 saturated carbocycles. The van der Waals surface area contributed by atoms with Crippen LogP contribution in [0.1, 0.15) is 12.8 Å². The fraction of sp³-hybridized carbons (Fsp3) is 0.273. The van der Waals surface area contributed by atoms with Gasteiger partial charge in [-0.15, -0.1) is 0 Å². The maximum absolute atomic E-state index is 12.1. The Bertz CT molecular complexity index is 891. The van der Waals surface area contributed by atoms with Gasteiger partial charge in [-0.3, -0.25) is 9.59 Å². The quantitative estimate of drug-likeness (QED) is 0.672. The number of ketones is 2. The monoisotopic (exact) mass is 362 g/mol. The molecule has 1 aliphatic carbocycles. The highest BCUT2D eigenvalue weighted by atomic mass is 16.3. The van der Waals surface area contributed by atoms with Crippen molar-refractivity contribution in [2.75, 3.05) is 29.4 Å². The number of rotatable bonds is 3. The third-order valence-electron chi connectivity index (χ3n) is 5.20. The molecule has 0 radical (unpaired) electrons. The Morgan fingerprint density at radius 2 is 1.70 bits per heavy atom. The largest absolute Gasteiger partial charge is 0.508 e. The highest BCUT2D eigenvalue weighted by Crippen LogP contribution is 2.29. The molecular formula is C22H22N2O3. The van der Waals surface area contributed by atoms with Gasteiger partial charge >= 0.3 is 0 Å². The first-order valence-electron chi connectivity index (χ1n) is 9.21. The summed E-state index contributed by atoms with van der Waals surface area (Å²) in [5.41, 5.74) is 2.68. The molecule has 0 aromatic heterocycles. The van der Waals surface area contributed by atoms with Crippen molar-refractivity contribution in [2.45, 2.75) is 18.9 Å². The van der Waals surface area contributed by atoms with Gasteiger partial charge in [-0.2, -0.15) is 0 Å². The number of hydrogen-bond donors (Lipinski definition) is 1. The van der Waals surface area contributed by atoms with Crippen LogP contribution in [0.15, 0.2) is 66.2 Å². The first kappa shape index (κ1) is 17.3. The van der Waals surface area contributed by atoms with Crippen LogP contribution in [0.3, 0.4) is 0 Å². The highest BCUT2D eigenvalue weighted by molar-refractivity contribution is 6.16. The van der Waals surface area contributed by atoms with Crippen molar-refractivity contribution in [3.8, 4) is 5.75 Å². The first-order valence-corrected chi connectivity index (χ1v) is 9.21. The number of phenolic OH excluding ortho intramolecular Hbond substituents is 1. The van der Waals surface area contributed by atoms with Gasteiger partial charge in [0.05, 0.1) is 12.5 Å². The molecule has 2 aromatic carbocycles. The van der Waals surface area contributed by atoms with Crippen LogP contribution < -0.4 is 9.80 Å². The average Bonchev–Trinajstić information content (AvgIpc) is 2.99. The molecule has 27 heavy (non-hydrogen) atoms. The SMILES string of the molecule is O=C1CC(=O)/C(=C\C2CN(c3ccccc3)CCN2c2cccc(O)c2)C1. The zero-order valence-electron chi connectivity index (χ0n) is 15.0. The average molecular weight is 362 g/mol. The van der Waals surface area contributed by atoms with Gasteiger partial charge in [0.2, 0.25) is 0 Å². The lowest BCUT2D eigenvalue weighted by Gasteiger charge is -2.43. The number of allylic oxidation sites excluding steroid dienone is 1. The van der Waals surface area contributed by atoms with Crippen molar-refractivity contribution in [1.29, 1.82) is 0 Å². The standard InChI is InChI=1S/C22H22N2O3/c25-20-8-4-7-18(13-20)24-10-9-23(17-5-2-1-3-6-17)15-19(24)11-16-12-21(26)14-22(16)27/h1-8,11,13,19,25H,9-10,12,14-15H2/b16-11-. The lowest BCUT2D eigenvalue weighted by Crippen LogP contribution is -2.53. The predicted octanol–water partition coefficient (Wildman–Crippen LogP) is 2.95. The van der Waals surface area contributed by atoms with Gasteiger partial charge in [0, 0.05) is 49.1 Å². The number of benzene rings is 2. The summed E-state index contributed by atoms with van der Waals surface area (Å²) in [4.78, 5) is 28.3. The molecule has 1 heterocycles. The molecular weight excluding hydrogens is 340 g/mol. The van der Waals surface area contributed by atoms with E-state index < -0.39 is 0 Å². The van der Waals surface area contributed by atoms with Gasteiger partial charge in [0.1, 0.15) is 11.5 Å². The van der Waals surface area contributed by atoms with Crippen molar-refractivity contribution in [1.82, 2.24) is 0 Å². The summed E-state index contributed by atoms with van der Waals surface area (Å²) in [6.45, 7) is 2.31. The lowest BCUT2D eigenvalue weighted by atomic mass is 10.0. The maximum atomic E-state index is 12.1. The number of phenols is 1. The van der Waals surface area contributed by atoms with E-state index in [1.807, 2.05) is 36.4 Å². The van der Waals surface area contributed by atoms with E-state index in [4.69, 9.17) is 0 Å². The minimum Gasteiger partial charge on any atom is -0.508 e. The second-order valence-corrected chi connectivity index (χ2v) is 7.07. The highest BCUT2D eigenvalue weighted by Gasteiger charge is 2.30. The molecule has 5 nitrogen and oxygen atoms in total. The molecule has 0 amide bonds. The number of carbonyl (C=O) groups is 2. The first-order chi connectivity index (χ1) is 13.1. The number of aromatic hydroxyl groups is 1. The second kappa shape index (κ2) is 7.27. The Kier molecular flexibility index (Phi) is 4.67. The van der Waals surface area contributed by atoms with Crippen molar-refractivity contribution in [2.24, 2.45) is 0 Å². The molecule has 2 fully saturated rings. The normalized spacial score (nSPS) is 21.9. The number of hydrogen-bond acceptors (Lipinski definition) is 5. The van der Waals surface area contributed by atoms with Crippen molar-refractivity contribution in [3.63, 3.8) is 0 Å². The number of piperazine rings is 1. The molecule has 1 aliphatic heterocycles. The molecule has 138 valence electrons. The molecule has 0 bridgehead atoms. The van der Waals surface area contributed by atoms with Gasteiger partial charge in [0.15, 0.2) is 5.78 Å². The summed E-state index contributed by atoms with van der Waals surface area (Å²) in [5.74, 6) is 0.148. The minimum absolute atomic E-state index is 0.00844. The van der Waals surface area contributed by atoms with E-state index in [1.54, 1.807) is 12.1 Å². The van der Waals surface area contributed by atoms with Crippen LogP contribution in [-0.2, 0) is 9.59 Å². The summed E-state index contributed by atoms with van der Waals surface area (Å²) in [5, 5.41) is 9.87. The third kappa shape index (κ3) is 3.72. The zero-order chi connectivity index (χ0) is 18.8. The van der Waals surface area contributed by atoms with E-state index in [9.17, 15) is 14.7 Å². The maximum Gasteiger partial charge on any atom is 0.166 e. The molecule has 1 atom stereocenters. The lowest BCUT2D eigenvalue weighted by molar-refractivity contribution is -0.121. The van der Waals surface area contributed by atoms with Crippen LogP contribution >= 0.6 is 0 Å². The molecule has 2 aliphatic rings. The Balaban J connectivity index is 1.66. The minimum atomic E-state index is -0.0623. The Hall–Kier alpha value is -3.08. The van der Waals surface area contributed by atoms with Crippen molar-refractivity contribution < 1.29 is 14.7 Å². The second-order valence-electron chi connectivity index (χ2n) is 7.07. The van der Waals surface area contributed by atoms with E-state index in [2.05, 4.69) is 21.9 Å². The Morgan fingerprint density at radius 1 is 0.926 bits per heavy atom. The molecule has 2 aromatic rings. The fourth-order valence-corrected chi connectivity index (χ4v) is 3.87. The molecule has 4 rings (SSSR count). The van der Waals surface area contributed by atoms with Crippen LogP contribution in [0, 0.1) is 0 Å². The molecule has 1 saturated heterocycles. The van der Waals surface area contributed by atoms with Gasteiger partial charge in [-0.25, -0.2) is 0 Å². The Morgan fingerprint density at radius 3 is 2.41 bits per heavy atom. The van der Waals surface area contributed by atoms with E-state index in [-0.39, 0.29) is 36.2 Å². The predicted molar refractivity (Wildman–Crippen MR) is 105 cm³/mol. The van der Waals surface area contributed by atoms with Gasteiger partial charge < -0.3 is 14.9 Å². The van der Waals surface area contributed by atoms with E-state index in [1.165, 1.54) is 0 Å². The van der Waals surface area contributed by atoms with Gasteiger partial charge in [-0.1, -0.05) is 30.3 Å². The number of carbonyl (C=O) groups excluding carboxylic acids is 2. The summed E-state index contributed by atoms with van der Waals surface area (Å²) < 4.78 is 0. The Labute approximate surface area is 158 Å². The summed E-state index contributed by atoms with van der Waals surface area (Å²) in [6, 6.07) is 17.3. The van der Waals surface area contributed by atoms with E-state index in [0.717, 1.165) is 24.5 Å². The number of nitrogens with zero attached hydrogens (tertiary/aromatic N) is 2. The topological polar surface area (TPSA) is 60.9 Å². The van der Waals surface area contributed by atoms with Crippen LogP contribution in [0.25, 0.3) is 0 Å². The van der Waals surface area contributed by atoms with Crippen LogP contribution in [0.4, 0.5) is 11.4 Å². The number of para-hydroxylation sites is 1. The van der Waals surface area contributed by atoms with Crippen LogP contribution in [-0.4, -0.2) is 42.3 Å². The summed E-state index contributed by atoms with van der Waals surface area (Å²) >= 11 is 0. The number of anilines is 2. The summed E-state index contributed by atoms with van der Waals surface area (Å²) in [6.07, 6.45) is 2.20. The molecule has 5 heteroatoms.